The summed E-state index contributed by atoms with van der Waals surface area (Å²) >= 11 is 0. The van der Waals surface area contributed by atoms with Crippen LogP contribution in [0.4, 0.5) is 0 Å². The van der Waals surface area contributed by atoms with Gasteiger partial charge >= 0.3 is 8.80 Å². The minimum atomic E-state index is -2.57. The van der Waals surface area contributed by atoms with Gasteiger partial charge in [0.25, 0.3) is 0 Å². The molecule has 16 heavy (non-hydrogen) atoms. The Morgan fingerprint density at radius 1 is 1.19 bits per heavy atom. The maximum absolute atomic E-state index is 5.78. The van der Waals surface area contributed by atoms with Crippen molar-refractivity contribution in [1.82, 2.24) is 0 Å². The van der Waals surface area contributed by atoms with Crippen molar-refractivity contribution in [3.8, 4) is 0 Å². The van der Waals surface area contributed by atoms with Crippen LogP contribution < -0.4 is 0 Å². The highest BCUT2D eigenvalue weighted by Crippen LogP contribution is 2.26. The van der Waals surface area contributed by atoms with E-state index in [9.17, 15) is 0 Å². The zero-order valence-electron chi connectivity index (χ0n) is 10.7. The van der Waals surface area contributed by atoms with Crippen LogP contribution in [-0.4, -0.2) is 55.1 Å². The molecule has 0 aromatic rings. The molecule has 96 valence electrons. The predicted molar refractivity (Wildman–Crippen MR) is 61.4 cm³/mol. The highest BCUT2D eigenvalue weighted by Gasteiger charge is 2.44. The monoisotopic (exact) mass is 250 g/mol. The second-order valence-electron chi connectivity index (χ2n) is 4.50. The van der Waals surface area contributed by atoms with Crippen molar-refractivity contribution in [2.24, 2.45) is 0 Å². The first-order chi connectivity index (χ1) is 7.47. The van der Waals surface area contributed by atoms with Crippen molar-refractivity contribution in [2.75, 3.05) is 34.5 Å². The molecule has 1 fully saturated rings. The molecule has 1 aliphatic heterocycles. The van der Waals surface area contributed by atoms with E-state index in [1.54, 1.807) is 21.3 Å². The topological polar surface area (TPSA) is 49.5 Å². The molecule has 0 amide bonds. The highest BCUT2D eigenvalue weighted by atomic mass is 28.4. The minimum absolute atomic E-state index is 0.267. The lowest BCUT2D eigenvalue weighted by molar-refractivity contribution is -0.0251. The third kappa shape index (κ3) is 4.12. The Kier molecular flexibility index (Phi) is 4.90. The molecule has 0 aromatic carbocycles. The van der Waals surface area contributed by atoms with E-state index in [4.69, 9.17) is 22.8 Å². The number of hydrogen-bond acceptors (Lipinski definition) is 5. The molecule has 1 heterocycles. The van der Waals surface area contributed by atoms with Crippen LogP contribution in [0.5, 0.6) is 0 Å². The van der Waals surface area contributed by atoms with E-state index in [1.165, 1.54) is 0 Å². The van der Waals surface area contributed by atoms with Crippen LogP contribution in [0.3, 0.4) is 0 Å². The molecule has 0 N–H and O–H groups in total. The summed E-state index contributed by atoms with van der Waals surface area (Å²) in [7, 11) is 2.26. The molecule has 6 heteroatoms. The van der Waals surface area contributed by atoms with Crippen LogP contribution >= 0.6 is 0 Å². The molecule has 0 spiro atoms. The minimum Gasteiger partial charge on any atom is -0.377 e. The molecular weight excluding hydrogens is 228 g/mol. The van der Waals surface area contributed by atoms with E-state index in [-0.39, 0.29) is 11.7 Å². The molecule has 1 unspecified atom stereocenters. The van der Waals surface area contributed by atoms with Gasteiger partial charge < -0.3 is 22.8 Å². The van der Waals surface area contributed by atoms with Gasteiger partial charge in [0.1, 0.15) is 6.10 Å². The lowest BCUT2D eigenvalue weighted by atomic mass is 10.2. The van der Waals surface area contributed by atoms with Crippen molar-refractivity contribution in [2.45, 2.75) is 31.6 Å². The Labute approximate surface area is 98.3 Å². The van der Waals surface area contributed by atoms with Crippen LogP contribution in [0.15, 0.2) is 0 Å². The molecule has 0 saturated carbocycles. The zero-order chi connectivity index (χ0) is 12.2. The summed E-state index contributed by atoms with van der Waals surface area (Å²) in [5.74, 6) is 0. The van der Waals surface area contributed by atoms with Crippen molar-refractivity contribution >= 4 is 8.80 Å². The van der Waals surface area contributed by atoms with Crippen LogP contribution in [-0.2, 0) is 22.8 Å². The summed E-state index contributed by atoms with van der Waals surface area (Å²) in [5, 5.41) is 0. The number of ether oxygens (including phenoxy) is 2. The maximum Gasteiger partial charge on any atom is 0.503 e. The van der Waals surface area contributed by atoms with Crippen LogP contribution in [0.25, 0.3) is 0 Å². The van der Waals surface area contributed by atoms with Crippen molar-refractivity contribution in [3.05, 3.63) is 0 Å². The Balaban J connectivity index is 2.45. The van der Waals surface area contributed by atoms with Gasteiger partial charge in [-0.15, -0.1) is 0 Å². The van der Waals surface area contributed by atoms with Crippen LogP contribution in [0.2, 0.25) is 6.04 Å². The highest BCUT2D eigenvalue weighted by molar-refractivity contribution is 6.60. The van der Waals surface area contributed by atoms with Gasteiger partial charge in [-0.3, -0.25) is 0 Å². The van der Waals surface area contributed by atoms with Gasteiger partial charge in [0.05, 0.1) is 18.8 Å². The van der Waals surface area contributed by atoms with Crippen molar-refractivity contribution < 1.29 is 22.8 Å². The average Bonchev–Trinajstić information content (AvgIpc) is 3.07. The fourth-order valence-corrected chi connectivity index (χ4v) is 3.60. The Morgan fingerprint density at radius 2 is 1.69 bits per heavy atom. The van der Waals surface area contributed by atoms with E-state index < -0.39 is 8.80 Å². The van der Waals surface area contributed by atoms with E-state index in [2.05, 4.69) is 0 Å². The van der Waals surface area contributed by atoms with Gasteiger partial charge in [-0.2, -0.15) is 0 Å². The van der Waals surface area contributed by atoms with Gasteiger partial charge in [-0.1, -0.05) is 0 Å². The van der Waals surface area contributed by atoms with E-state index in [0.29, 0.717) is 12.7 Å². The van der Waals surface area contributed by atoms with E-state index >= 15 is 0 Å². The molecular formula is C10H22O5Si. The van der Waals surface area contributed by atoms with Crippen molar-refractivity contribution in [3.63, 3.8) is 0 Å². The third-order valence-corrected chi connectivity index (χ3v) is 5.79. The summed E-state index contributed by atoms with van der Waals surface area (Å²) in [6.07, 6.45) is 0.267. The summed E-state index contributed by atoms with van der Waals surface area (Å²) in [6, 6.07) is 0.621. The molecule has 1 saturated heterocycles. The summed E-state index contributed by atoms with van der Waals surface area (Å²) in [6.45, 7) is 5.44. The first-order valence-electron chi connectivity index (χ1n) is 5.38. The maximum atomic E-state index is 5.78. The van der Waals surface area contributed by atoms with E-state index in [0.717, 1.165) is 6.61 Å². The van der Waals surface area contributed by atoms with Gasteiger partial charge in [0, 0.05) is 27.4 Å². The van der Waals surface area contributed by atoms with Crippen molar-refractivity contribution in [1.29, 1.82) is 0 Å². The standard InChI is InChI=1S/C10H22O5Si/c1-10(2,15-7-9-6-14-9)8-16(11-3,12-4)13-5/h9H,6-8H2,1-5H3. The van der Waals surface area contributed by atoms with Crippen LogP contribution in [0, 0.1) is 0 Å². The molecule has 1 rings (SSSR count). The summed E-state index contributed by atoms with van der Waals surface area (Å²) in [4.78, 5) is 0. The average molecular weight is 250 g/mol. The lowest BCUT2D eigenvalue weighted by Crippen LogP contribution is -2.49. The SMILES string of the molecule is CO[Si](CC(C)(C)OCC1CO1)(OC)OC. The second kappa shape index (κ2) is 5.57. The van der Waals surface area contributed by atoms with E-state index in [1.807, 2.05) is 13.8 Å². The quantitative estimate of drug-likeness (QED) is 0.476. The van der Waals surface area contributed by atoms with Gasteiger partial charge in [0.2, 0.25) is 0 Å². The third-order valence-electron chi connectivity index (χ3n) is 2.64. The fraction of sp³-hybridized carbons (Fsp3) is 1.00. The van der Waals surface area contributed by atoms with Gasteiger partial charge in [-0.25, -0.2) is 0 Å². The largest absolute Gasteiger partial charge is 0.503 e. The second-order valence-corrected chi connectivity index (χ2v) is 7.44. The molecule has 0 radical (unpaired) electrons. The normalized spacial score (nSPS) is 21.2. The molecule has 0 aromatic heterocycles. The molecule has 1 aliphatic rings. The lowest BCUT2D eigenvalue weighted by Gasteiger charge is -2.33. The Hall–Kier alpha value is 0.0169. The summed E-state index contributed by atoms with van der Waals surface area (Å²) in [5.41, 5.74) is -0.333. The molecule has 1 atom stereocenters. The first kappa shape index (κ1) is 14.1. The zero-order valence-corrected chi connectivity index (χ0v) is 11.7. The number of rotatable bonds is 8. The van der Waals surface area contributed by atoms with Crippen LogP contribution in [0.1, 0.15) is 13.8 Å². The summed E-state index contributed by atoms with van der Waals surface area (Å²) < 4.78 is 27.0. The molecule has 0 aliphatic carbocycles. The number of hydrogen-bond donors (Lipinski definition) is 0. The number of epoxide rings is 1. The Bertz CT molecular complexity index is 205. The van der Waals surface area contributed by atoms with Gasteiger partial charge in [-0.05, 0) is 13.8 Å². The smallest absolute Gasteiger partial charge is 0.377 e. The Morgan fingerprint density at radius 3 is 2.06 bits per heavy atom. The van der Waals surface area contributed by atoms with Gasteiger partial charge in [0.15, 0.2) is 0 Å². The molecule has 5 nitrogen and oxygen atoms in total. The predicted octanol–water partition coefficient (Wildman–Crippen LogP) is 1.06. The molecule has 0 bridgehead atoms. The fourth-order valence-electron chi connectivity index (χ4n) is 1.52. The first-order valence-corrected chi connectivity index (χ1v) is 7.31.